The third kappa shape index (κ3) is 1.65. The molecule has 0 aliphatic heterocycles. The Morgan fingerprint density at radius 3 is 2.55 bits per heavy atom. The number of thiol groups is 1. The molecule has 0 fully saturated rings. The summed E-state index contributed by atoms with van der Waals surface area (Å²) in [5.74, 6) is -0.529. The van der Waals surface area contributed by atoms with E-state index in [9.17, 15) is 4.79 Å². The molecule has 0 aromatic heterocycles. The molecule has 0 saturated heterocycles. The van der Waals surface area contributed by atoms with Gasteiger partial charge in [0.15, 0.2) is 0 Å². The molecule has 0 aliphatic carbocycles. The fourth-order valence-corrected chi connectivity index (χ4v) is 0.961. The predicted octanol–water partition coefficient (Wildman–Crippen LogP) is 0.656. The quantitative estimate of drug-likeness (QED) is 0.426. The van der Waals surface area contributed by atoms with E-state index in [1.54, 1.807) is 18.2 Å². The van der Waals surface area contributed by atoms with Crippen molar-refractivity contribution in [2.45, 2.75) is 4.90 Å². The maximum Gasteiger partial charge on any atom is 0.250 e. The van der Waals surface area contributed by atoms with Crippen LogP contribution in [0, 0.1) is 0 Å². The van der Waals surface area contributed by atoms with Gasteiger partial charge in [-0.25, -0.2) is 0 Å². The first kappa shape index (κ1) is 7.94. The molecule has 0 heterocycles. The Kier molecular flexibility index (Phi) is 2.05. The lowest BCUT2D eigenvalue weighted by atomic mass is 10.2. The first-order valence-corrected chi connectivity index (χ1v) is 3.44. The van der Waals surface area contributed by atoms with Crippen LogP contribution < -0.4 is 11.5 Å². The number of rotatable bonds is 1. The highest BCUT2D eigenvalue weighted by Gasteiger charge is 2.04. The van der Waals surface area contributed by atoms with Crippen LogP contribution in [0.2, 0.25) is 0 Å². The zero-order valence-corrected chi connectivity index (χ0v) is 6.64. The summed E-state index contributed by atoms with van der Waals surface area (Å²) >= 11 is 4.03. The standard InChI is InChI=1S/C7H8N2OS/c8-6-2-1-4(11)3-5(6)7(9)10/h1-3,11H,8H2,(H2,9,10). The topological polar surface area (TPSA) is 69.1 Å². The number of anilines is 1. The molecular formula is C7H8N2OS. The number of nitrogens with two attached hydrogens (primary N) is 2. The molecule has 11 heavy (non-hydrogen) atoms. The maximum atomic E-state index is 10.7. The Bertz CT molecular complexity index is 298. The molecule has 58 valence electrons. The van der Waals surface area contributed by atoms with Gasteiger partial charge in [-0.2, -0.15) is 0 Å². The average molecular weight is 168 g/mol. The van der Waals surface area contributed by atoms with Crippen molar-refractivity contribution >= 4 is 24.2 Å². The number of hydrogen-bond acceptors (Lipinski definition) is 3. The lowest BCUT2D eigenvalue weighted by molar-refractivity contribution is 0.100. The maximum absolute atomic E-state index is 10.7. The van der Waals surface area contributed by atoms with Crippen LogP contribution in [-0.4, -0.2) is 5.91 Å². The molecule has 0 radical (unpaired) electrons. The van der Waals surface area contributed by atoms with Crippen molar-refractivity contribution in [3.63, 3.8) is 0 Å². The van der Waals surface area contributed by atoms with Crippen LogP contribution in [0.15, 0.2) is 23.1 Å². The number of carbonyl (C=O) groups excluding carboxylic acids is 1. The van der Waals surface area contributed by atoms with Gasteiger partial charge in [-0.1, -0.05) is 0 Å². The lowest BCUT2D eigenvalue weighted by Crippen LogP contribution is -2.13. The Morgan fingerprint density at radius 1 is 1.45 bits per heavy atom. The van der Waals surface area contributed by atoms with Crippen molar-refractivity contribution in [1.29, 1.82) is 0 Å². The summed E-state index contributed by atoms with van der Waals surface area (Å²) in [5, 5.41) is 0. The van der Waals surface area contributed by atoms with E-state index < -0.39 is 5.91 Å². The minimum absolute atomic E-state index is 0.317. The normalized spacial score (nSPS) is 9.55. The van der Waals surface area contributed by atoms with Crippen LogP contribution in [0.1, 0.15) is 10.4 Å². The molecule has 0 aliphatic rings. The van der Waals surface area contributed by atoms with Gasteiger partial charge in [0, 0.05) is 10.6 Å². The van der Waals surface area contributed by atoms with E-state index in [2.05, 4.69) is 12.6 Å². The van der Waals surface area contributed by atoms with E-state index in [4.69, 9.17) is 11.5 Å². The second kappa shape index (κ2) is 2.84. The van der Waals surface area contributed by atoms with Crippen LogP contribution in [0.25, 0.3) is 0 Å². The predicted molar refractivity (Wildman–Crippen MR) is 46.6 cm³/mol. The highest BCUT2D eigenvalue weighted by Crippen LogP contribution is 2.15. The molecule has 0 saturated carbocycles. The summed E-state index contributed by atoms with van der Waals surface area (Å²) in [6, 6.07) is 4.84. The molecule has 1 rings (SSSR count). The van der Waals surface area contributed by atoms with Gasteiger partial charge in [-0.3, -0.25) is 4.79 Å². The van der Waals surface area contributed by atoms with Gasteiger partial charge in [0.2, 0.25) is 0 Å². The SMILES string of the molecule is NC(=O)c1cc(S)ccc1N. The summed E-state index contributed by atoms with van der Waals surface area (Å²) < 4.78 is 0. The van der Waals surface area contributed by atoms with E-state index in [-0.39, 0.29) is 0 Å². The van der Waals surface area contributed by atoms with E-state index in [1.807, 2.05) is 0 Å². The van der Waals surface area contributed by atoms with Gasteiger partial charge >= 0.3 is 0 Å². The fraction of sp³-hybridized carbons (Fsp3) is 0. The first-order chi connectivity index (χ1) is 5.11. The summed E-state index contributed by atoms with van der Waals surface area (Å²) in [4.78, 5) is 11.4. The Hall–Kier alpha value is -1.16. The lowest BCUT2D eigenvalue weighted by Gasteiger charge is -2.00. The number of amides is 1. The Labute approximate surface area is 69.8 Å². The second-order valence-electron chi connectivity index (χ2n) is 2.14. The summed E-state index contributed by atoms with van der Waals surface area (Å²) in [6.45, 7) is 0. The van der Waals surface area contributed by atoms with Crippen molar-refractivity contribution < 1.29 is 4.79 Å². The average Bonchev–Trinajstić information content (AvgIpc) is 1.94. The van der Waals surface area contributed by atoms with Crippen LogP contribution in [0.5, 0.6) is 0 Å². The van der Waals surface area contributed by atoms with Gasteiger partial charge in [0.25, 0.3) is 5.91 Å². The van der Waals surface area contributed by atoms with Crippen molar-refractivity contribution in [3.8, 4) is 0 Å². The number of nitrogen functional groups attached to an aromatic ring is 1. The molecular weight excluding hydrogens is 160 g/mol. The molecule has 4 heteroatoms. The van der Waals surface area contributed by atoms with Gasteiger partial charge < -0.3 is 11.5 Å². The molecule has 3 nitrogen and oxygen atoms in total. The highest BCUT2D eigenvalue weighted by atomic mass is 32.1. The van der Waals surface area contributed by atoms with Gasteiger partial charge in [0.1, 0.15) is 0 Å². The molecule has 0 atom stereocenters. The molecule has 4 N–H and O–H groups in total. The fourth-order valence-electron chi connectivity index (χ4n) is 0.758. The van der Waals surface area contributed by atoms with Crippen molar-refractivity contribution in [2.75, 3.05) is 5.73 Å². The molecule has 1 aromatic rings. The van der Waals surface area contributed by atoms with E-state index in [0.29, 0.717) is 16.1 Å². The minimum atomic E-state index is -0.529. The van der Waals surface area contributed by atoms with E-state index >= 15 is 0 Å². The minimum Gasteiger partial charge on any atom is -0.398 e. The molecule has 1 amide bonds. The zero-order valence-electron chi connectivity index (χ0n) is 5.74. The Morgan fingerprint density at radius 2 is 2.09 bits per heavy atom. The summed E-state index contributed by atoms with van der Waals surface area (Å²) in [6.07, 6.45) is 0. The van der Waals surface area contributed by atoms with Crippen molar-refractivity contribution in [1.82, 2.24) is 0 Å². The highest BCUT2D eigenvalue weighted by molar-refractivity contribution is 7.80. The van der Waals surface area contributed by atoms with E-state index in [0.717, 1.165) is 0 Å². The number of hydrogen-bond donors (Lipinski definition) is 3. The van der Waals surface area contributed by atoms with Gasteiger partial charge in [-0.15, -0.1) is 12.6 Å². The monoisotopic (exact) mass is 168 g/mol. The van der Waals surface area contributed by atoms with Gasteiger partial charge in [-0.05, 0) is 18.2 Å². The molecule has 0 unspecified atom stereocenters. The summed E-state index contributed by atoms with van der Waals surface area (Å²) in [7, 11) is 0. The molecule has 0 bridgehead atoms. The molecule has 0 spiro atoms. The third-order valence-corrected chi connectivity index (χ3v) is 1.58. The third-order valence-electron chi connectivity index (χ3n) is 1.30. The van der Waals surface area contributed by atoms with Crippen LogP contribution in [-0.2, 0) is 0 Å². The van der Waals surface area contributed by atoms with Crippen LogP contribution in [0.4, 0.5) is 5.69 Å². The second-order valence-corrected chi connectivity index (χ2v) is 2.65. The number of benzene rings is 1. The largest absolute Gasteiger partial charge is 0.398 e. The van der Waals surface area contributed by atoms with Crippen LogP contribution >= 0.6 is 12.6 Å². The van der Waals surface area contributed by atoms with E-state index in [1.165, 1.54) is 0 Å². The van der Waals surface area contributed by atoms with Gasteiger partial charge in [0.05, 0.1) is 5.56 Å². The molecule has 1 aromatic carbocycles. The van der Waals surface area contributed by atoms with Crippen molar-refractivity contribution in [3.05, 3.63) is 23.8 Å². The van der Waals surface area contributed by atoms with Crippen molar-refractivity contribution in [2.24, 2.45) is 5.73 Å². The summed E-state index contributed by atoms with van der Waals surface area (Å²) in [5.41, 5.74) is 11.2. The first-order valence-electron chi connectivity index (χ1n) is 2.99. The number of carbonyl (C=O) groups is 1. The smallest absolute Gasteiger partial charge is 0.250 e. The zero-order chi connectivity index (χ0) is 8.43. The Balaban J connectivity index is 3.23. The van der Waals surface area contributed by atoms with Crippen LogP contribution in [0.3, 0.4) is 0 Å². The number of primary amides is 1.